The van der Waals surface area contributed by atoms with Crippen molar-refractivity contribution in [2.24, 2.45) is 52.3 Å². The van der Waals surface area contributed by atoms with Crippen molar-refractivity contribution in [3.63, 3.8) is 0 Å². The third-order valence-electron chi connectivity index (χ3n) is 11.0. The minimum atomic E-state index is 0.276. The lowest BCUT2D eigenvalue weighted by Crippen LogP contribution is -2.55. The molecule has 0 heterocycles. The van der Waals surface area contributed by atoms with Crippen LogP contribution in [0.2, 0.25) is 0 Å². The summed E-state index contributed by atoms with van der Waals surface area (Å²) in [7, 11) is 0. The number of hydrogen-bond acceptors (Lipinski definition) is 1. The smallest absolute Gasteiger partial charge is 0.157 e. The molecule has 4 aliphatic rings. The molecule has 0 aromatic heterocycles. The minimum absolute atomic E-state index is 0.276. The number of carbonyl (C=O) groups excluding carboxylic acids is 1. The highest BCUT2D eigenvalue weighted by Gasteiger charge is 2.61. The summed E-state index contributed by atoms with van der Waals surface area (Å²) in [6.45, 7) is 16.1. The summed E-state index contributed by atoms with van der Waals surface area (Å²) >= 11 is 0. The van der Waals surface area contributed by atoms with Crippen LogP contribution < -0.4 is 0 Å². The number of allylic oxidation sites excluding steroid dienone is 1. The van der Waals surface area contributed by atoms with Gasteiger partial charge in [-0.1, -0.05) is 47.1 Å². The van der Waals surface area contributed by atoms with Crippen molar-refractivity contribution >= 4 is 5.78 Å². The normalized spacial score (nSPS) is 47.6. The van der Waals surface area contributed by atoms with E-state index in [1.54, 1.807) is 0 Å². The molecule has 0 saturated heterocycles. The SMILES string of the molecule is C=C(C)C(=O)CC[C@@H](C)[C@H]1CC[C@H]2[C@@H]3C[C@H](C)C4CCCC[C@]4(C)[C@H]3CC[C@]12C. The van der Waals surface area contributed by atoms with Crippen LogP contribution in [0.3, 0.4) is 0 Å². The van der Waals surface area contributed by atoms with Gasteiger partial charge in [-0.3, -0.25) is 4.79 Å². The van der Waals surface area contributed by atoms with Crippen molar-refractivity contribution in [2.45, 2.75) is 105 Å². The van der Waals surface area contributed by atoms with Gasteiger partial charge in [0, 0.05) is 6.42 Å². The first-order chi connectivity index (χ1) is 13.7. The number of Topliss-reactive ketones (excluding diaryl/α,β-unsaturated/α-hetero) is 1. The lowest BCUT2D eigenvalue weighted by Gasteiger charge is -2.62. The molecule has 0 aliphatic heterocycles. The molecule has 0 N–H and O–H groups in total. The van der Waals surface area contributed by atoms with Crippen molar-refractivity contribution in [1.29, 1.82) is 0 Å². The molecule has 29 heavy (non-hydrogen) atoms. The fourth-order valence-electron chi connectivity index (χ4n) is 9.56. The molecule has 4 rings (SSSR count). The van der Waals surface area contributed by atoms with E-state index in [4.69, 9.17) is 0 Å². The molecule has 4 saturated carbocycles. The molecular formula is C28H46O. The van der Waals surface area contributed by atoms with Gasteiger partial charge < -0.3 is 0 Å². The van der Waals surface area contributed by atoms with E-state index in [1.807, 2.05) is 6.92 Å². The minimum Gasteiger partial charge on any atom is -0.295 e. The van der Waals surface area contributed by atoms with Gasteiger partial charge in [0.25, 0.3) is 0 Å². The topological polar surface area (TPSA) is 17.1 Å². The maximum absolute atomic E-state index is 12.1. The zero-order valence-corrected chi connectivity index (χ0v) is 19.9. The monoisotopic (exact) mass is 398 g/mol. The molecule has 0 bridgehead atoms. The summed E-state index contributed by atoms with van der Waals surface area (Å²) < 4.78 is 0. The Bertz CT molecular complexity index is 649. The largest absolute Gasteiger partial charge is 0.295 e. The molecule has 4 fully saturated rings. The molecule has 0 aromatic rings. The first kappa shape index (κ1) is 21.6. The average Bonchev–Trinajstić information content (AvgIpc) is 3.03. The first-order valence-electron chi connectivity index (χ1n) is 12.9. The zero-order chi connectivity index (χ0) is 21.0. The van der Waals surface area contributed by atoms with Crippen LogP contribution in [0.25, 0.3) is 0 Å². The predicted molar refractivity (Wildman–Crippen MR) is 123 cm³/mol. The van der Waals surface area contributed by atoms with Gasteiger partial charge in [0.05, 0.1) is 0 Å². The van der Waals surface area contributed by atoms with E-state index in [1.165, 1.54) is 57.8 Å². The van der Waals surface area contributed by atoms with Crippen LogP contribution in [0.5, 0.6) is 0 Å². The van der Waals surface area contributed by atoms with Crippen LogP contribution in [0.4, 0.5) is 0 Å². The van der Waals surface area contributed by atoms with Crippen molar-refractivity contribution in [3.8, 4) is 0 Å². The summed E-state index contributed by atoms with van der Waals surface area (Å²) in [6.07, 6.45) is 15.0. The van der Waals surface area contributed by atoms with Crippen molar-refractivity contribution < 1.29 is 4.79 Å². The molecule has 0 amide bonds. The Labute approximate surface area is 180 Å². The van der Waals surface area contributed by atoms with Gasteiger partial charge in [-0.2, -0.15) is 0 Å². The summed E-state index contributed by atoms with van der Waals surface area (Å²) in [4.78, 5) is 12.1. The van der Waals surface area contributed by atoms with Crippen molar-refractivity contribution in [3.05, 3.63) is 12.2 Å². The average molecular weight is 399 g/mol. The number of carbonyl (C=O) groups is 1. The van der Waals surface area contributed by atoms with E-state index >= 15 is 0 Å². The third-order valence-corrected chi connectivity index (χ3v) is 11.0. The third kappa shape index (κ3) is 3.47. The molecule has 1 heteroatoms. The fraction of sp³-hybridized carbons (Fsp3) is 0.893. The highest BCUT2D eigenvalue weighted by atomic mass is 16.1. The Morgan fingerprint density at radius 1 is 1.00 bits per heavy atom. The molecule has 9 atom stereocenters. The number of ketones is 1. The molecule has 0 spiro atoms. The quantitative estimate of drug-likeness (QED) is 0.431. The molecule has 164 valence electrons. The fourth-order valence-corrected chi connectivity index (χ4v) is 9.56. The van der Waals surface area contributed by atoms with E-state index in [0.717, 1.165) is 47.5 Å². The molecular weight excluding hydrogens is 352 g/mol. The number of hydrogen-bond donors (Lipinski definition) is 0. The van der Waals surface area contributed by atoms with Gasteiger partial charge in [0.1, 0.15) is 0 Å². The van der Waals surface area contributed by atoms with Gasteiger partial charge in [-0.05, 0) is 116 Å². The number of fused-ring (bicyclic) bond motifs is 5. The van der Waals surface area contributed by atoms with Crippen molar-refractivity contribution in [1.82, 2.24) is 0 Å². The van der Waals surface area contributed by atoms with Crippen LogP contribution in [0, 0.1) is 52.3 Å². The molecule has 0 aromatic carbocycles. The van der Waals surface area contributed by atoms with Crippen LogP contribution >= 0.6 is 0 Å². The summed E-state index contributed by atoms with van der Waals surface area (Å²) in [6, 6.07) is 0. The highest BCUT2D eigenvalue weighted by molar-refractivity contribution is 5.94. The van der Waals surface area contributed by atoms with Crippen LogP contribution in [-0.4, -0.2) is 5.78 Å². The summed E-state index contributed by atoms with van der Waals surface area (Å²) in [5, 5.41) is 0. The Morgan fingerprint density at radius 2 is 1.72 bits per heavy atom. The molecule has 0 radical (unpaired) electrons. The van der Waals surface area contributed by atoms with Crippen LogP contribution in [0.1, 0.15) is 105 Å². The lowest BCUT2D eigenvalue weighted by molar-refractivity contribution is -0.134. The van der Waals surface area contributed by atoms with Crippen LogP contribution in [0.15, 0.2) is 12.2 Å². The Hall–Kier alpha value is -0.590. The predicted octanol–water partition coefficient (Wildman–Crippen LogP) is 7.84. The van der Waals surface area contributed by atoms with E-state index in [-0.39, 0.29) is 5.78 Å². The lowest BCUT2D eigenvalue weighted by atomic mass is 9.43. The zero-order valence-electron chi connectivity index (χ0n) is 19.9. The number of rotatable bonds is 5. The summed E-state index contributed by atoms with van der Waals surface area (Å²) in [5.41, 5.74) is 1.88. The maximum Gasteiger partial charge on any atom is 0.157 e. The second kappa shape index (κ2) is 7.83. The second-order valence-electron chi connectivity index (χ2n) is 12.4. The molecule has 1 unspecified atom stereocenters. The molecule has 1 nitrogen and oxygen atoms in total. The van der Waals surface area contributed by atoms with E-state index in [9.17, 15) is 4.79 Å². The Morgan fingerprint density at radius 3 is 2.45 bits per heavy atom. The van der Waals surface area contributed by atoms with E-state index < -0.39 is 0 Å². The summed E-state index contributed by atoms with van der Waals surface area (Å²) in [5.74, 6) is 6.57. The van der Waals surface area contributed by atoms with Gasteiger partial charge >= 0.3 is 0 Å². The Balaban J connectivity index is 1.50. The maximum atomic E-state index is 12.1. The standard InChI is InChI=1S/C28H46O/c1-18(2)26(29)13-10-19(3)23-11-12-24-21-17-20(4)22-9-7-8-15-27(22,5)25(21)14-16-28(23,24)6/h19-25H,1,7-17H2,2-6H3/t19-,20+,21+,22?,23-,24+,25+,27+,28-/m1/s1. The van der Waals surface area contributed by atoms with Crippen molar-refractivity contribution in [2.75, 3.05) is 0 Å². The first-order valence-corrected chi connectivity index (χ1v) is 12.9. The second-order valence-corrected chi connectivity index (χ2v) is 12.4. The molecule has 4 aliphatic carbocycles. The van der Waals surface area contributed by atoms with E-state index in [0.29, 0.717) is 23.2 Å². The van der Waals surface area contributed by atoms with Gasteiger partial charge in [-0.25, -0.2) is 0 Å². The van der Waals surface area contributed by atoms with Gasteiger partial charge in [-0.15, -0.1) is 0 Å². The van der Waals surface area contributed by atoms with Gasteiger partial charge in [0.2, 0.25) is 0 Å². The highest BCUT2D eigenvalue weighted by Crippen LogP contribution is 2.69. The van der Waals surface area contributed by atoms with E-state index in [2.05, 4.69) is 34.3 Å². The Kier molecular flexibility index (Phi) is 5.84. The van der Waals surface area contributed by atoms with Crippen LogP contribution in [-0.2, 0) is 4.79 Å². The van der Waals surface area contributed by atoms with Gasteiger partial charge in [0.15, 0.2) is 5.78 Å².